The van der Waals surface area contributed by atoms with Gasteiger partial charge >= 0.3 is 11.9 Å². The number of carboxylic acid groups (broad SMARTS) is 2. The summed E-state index contributed by atoms with van der Waals surface area (Å²) in [5, 5.41) is 17.3. The first-order valence-electron chi connectivity index (χ1n) is 7.44. The Morgan fingerprint density at radius 3 is 2.39 bits per heavy atom. The van der Waals surface area contributed by atoms with Gasteiger partial charge in [0.25, 0.3) is 0 Å². The van der Waals surface area contributed by atoms with Gasteiger partial charge in [0.15, 0.2) is 6.61 Å². The zero-order chi connectivity index (χ0) is 20.8. The first-order chi connectivity index (χ1) is 13.2. The summed E-state index contributed by atoms with van der Waals surface area (Å²) in [5.74, 6) is -3.72. The molecule has 2 heterocycles. The number of ether oxygens (including phenoxy) is 1. The van der Waals surface area contributed by atoms with E-state index in [-0.39, 0.29) is 16.4 Å². The van der Waals surface area contributed by atoms with Crippen molar-refractivity contribution in [3.8, 4) is 5.88 Å². The minimum Gasteiger partial charge on any atom is -0.479 e. The fraction of sp³-hybridized carbons (Fsp3) is 0.0588. The number of para-hydroxylation sites is 1. The first kappa shape index (κ1) is 21.1. The molecule has 3 aromatic rings. The lowest BCUT2D eigenvalue weighted by Gasteiger charge is -2.07. The predicted octanol–water partition coefficient (Wildman–Crippen LogP) is 3.51. The molecule has 146 valence electrons. The second-order valence-electron chi connectivity index (χ2n) is 5.13. The number of aromatic nitrogens is 2. The highest BCUT2D eigenvalue weighted by Gasteiger charge is 2.16. The molecule has 4 N–H and O–H groups in total. The average molecular weight is 428 g/mol. The Labute approximate surface area is 167 Å². The van der Waals surface area contributed by atoms with E-state index in [0.29, 0.717) is 5.52 Å². The zero-order valence-electron chi connectivity index (χ0n) is 13.9. The Balaban J connectivity index is 0.000000202. The standard InChI is InChI=1S/C10H7NO2.C7H5Cl2FN2O3/c12-10(13)9-6-5-7-3-1-2-4-8(7)11-9;8-3-5(11)4(9)7(12-6(3)10)15-1-2(13)14/h1-6H,(H,12,13);1H2,(H2,11,12)(H,13,14). The third kappa shape index (κ3) is 5.18. The number of nitrogens with zero attached hydrogens (tertiary/aromatic N) is 2. The van der Waals surface area contributed by atoms with Crippen molar-refractivity contribution >= 4 is 51.7 Å². The van der Waals surface area contributed by atoms with E-state index in [1.807, 2.05) is 18.2 Å². The maximum Gasteiger partial charge on any atom is 0.354 e. The minimum atomic E-state index is -1.25. The summed E-state index contributed by atoms with van der Waals surface area (Å²) in [6.45, 7) is -0.701. The van der Waals surface area contributed by atoms with Gasteiger partial charge in [-0.05, 0) is 12.1 Å². The van der Waals surface area contributed by atoms with Crippen molar-refractivity contribution in [3.63, 3.8) is 0 Å². The van der Waals surface area contributed by atoms with Crippen molar-refractivity contribution in [1.82, 2.24) is 9.97 Å². The highest BCUT2D eigenvalue weighted by molar-refractivity contribution is 6.39. The quantitative estimate of drug-likeness (QED) is 0.538. The van der Waals surface area contributed by atoms with Crippen LogP contribution in [0, 0.1) is 5.95 Å². The van der Waals surface area contributed by atoms with Crippen LogP contribution in [-0.2, 0) is 4.79 Å². The van der Waals surface area contributed by atoms with Gasteiger partial charge in [0, 0.05) is 5.39 Å². The van der Waals surface area contributed by atoms with Gasteiger partial charge in [-0.25, -0.2) is 14.6 Å². The van der Waals surface area contributed by atoms with Crippen molar-refractivity contribution in [1.29, 1.82) is 0 Å². The molecule has 11 heteroatoms. The van der Waals surface area contributed by atoms with E-state index in [1.165, 1.54) is 6.07 Å². The molecule has 0 spiro atoms. The van der Waals surface area contributed by atoms with Gasteiger partial charge < -0.3 is 20.7 Å². The van der Waals surface area contributed by atoms with Crippen molar-refractivity contribution in [2.45, 2.75) is 0 Å². The molecule has 0 saturated carbocycles. The lowest BCUT2D eigenvalue weighted by Crippen LogP contribution is -2.11. The maximum atomic E-state index is 12.9. The van der Waals surface area contributed by atoms with Crippen LogP contribution in [0.25, 0.3) is 10.9 Å². The van der Waals surface area contributed by atoms with Crippen molar-refractivity contribution < 1.29 is 28.9 Å². The number of benzene rings is 1. The highest BCUT2D eigenvalue weighted by Crippen LogP contribution is 2.35. The van der Waals surface area contributed by atoms with E-state index in [4.69, 9.17) is 39.1 Å². The third-order valence-electron chi connectivity index (χ3n) is 3.19. The van der Waals surface area contributed by atoms with E-state index in [1.54, 1.807) is 12.1 Å². The average Bonchev–Trinajstić information content (AvgIpc) is 2.68. The van der Waals surface area contributed by atoms with Gasteiger partial charge in [-0.2, -0.15) is 9.37 Å². The van der Waals surface area contributed by atoms with Gasteiger partial charge in [-0.3, -0.25) is 0 Å². The summed E-state index contributed by atoms with van der Waals surface area (Å²) in [6, 6.07) is 10.7. The largest absolute Gasteiger partial charge is 0.479 e. The number of fused-ring (bicyclic) bond motifs is 1. The smallest absolute Gasteiger partial charge is 0.354 e. The number of pyridine rings is 2. The van der Waals surface area contributed by atoms with Gasteiger partial charge in [0.05, 0.1) is 11.2 Å². The minimum absolute atomic E-state index is 0.0821. The van der Waals surface area contributed by atoms with Crippen molar-refractivity contribution in [2.24, 2.45) is 0 Å². The number of nitrogen functional groups attached to an aromatic ring is 1. The lowest BCUT2D eigenvalue weighted by atomic mass is 10.2. The van der Waals surface area contributed by atoms with Gasteiger partial charge in [0.1, 0.15) is 15.7 Å². The Kier molecular flexibility index (Phi) is 6.91. The number of aromatic carboxylic acids is 1. The summed E-state index contributed by atoms with van der Waals surface area (Å²) in [5.41, 5.74) is 5.87. The highest BCUT2D eigenvalue weighted by atomic mass is 35.5. The van der Waals surface area contributed by atoms with Crippen LogP contribution in [0.5, 0.6) is 5.88 Å². The number of aliphatic carboxylic acids is 1. The Bertz CT molecular complexity index is 1050. The second kappa shape index (κ2) is 9.16. The molecule has 2 aromatic heterocycles. The van der Waals surface area contributed by atoms with Crippen LogP contribution in [0.4, 0.5) is 10.1 Å². The summed E-state index contributed by atoms with van der Waals surface area (Å²) >= 11 is 11.0. The molecular formula is C17H12Cl2FN3O5. The van der Waals surface area contributed by atoms with Crippen LogP contribution in [0.1, 0.15) is 10.5 Å². The number of nitrogens with two attached hydrogens (primary N) is 1. The van der Waals surface area contributed by atoms with E-state index >= 15 is 0 Å². The van der Waals surface area contributed by atoms with Gasteiger partial charge in [-0.1, -0.05) is 47.5 Å². The summed E-state index contributed by atoms with van der Waals surface area (Å²) in [4.78, 5) is 27.9. The molecule has 0 atom stereocenters. The van der Waals surface area contributed by atoms with Gasteiger partial charge in [0.2, 0.25) is 11.8 Å². The second-order valence-corrected chi connectivity index (χ2v) is 5.88. The fourth-order valence-electron chi connectivity index (χ4n) is 1.92. The van der Waals surface area contributed by atoms with Crippen LogP contribution in [0.15, 0.2) is 36.4 Å². The number of hydrogen-bond acceptors (Lipinski definition) is 6. The Morgan fingerprint density at radius 2 is 1.75 bits per heavy atom. The fourth-order valence-corrected chi connectivity index (χ4v) is 2.30. The van der Waals surface area contributed by atoms with Crippen molar-refractivity contribution in [3.05, 3.63) is 58.1 Å². The molecule has 8 nitrogen and oxygen atoms in total. The topological polar surface area (TPSA) is 136 Å². The van der Waals surface area contributed by atoms with E-state index in [0.717, 1.165) is 5.39 Å². The van der Waals surface area contributed by atoms with Crippen LogP contribution in [-0.4, -0.2) is 38.7 Å². The van der Waals surface area contributed by atoms with E-state index in [2.05, 4.69) is 14.7 Å². The Morgan fingerprint density at radius 1 is 1.07 bits per heavy atom. The molecule has 0 saturated heterocycles. The first-order valence-corrected chi connectivity index (χ1v) is 8.20. The maximum absolute atomic E-state index is 12.9. The van der Waals surface area contributed by atoms with Crippen LogP contribution < -0.4 is 10.5 Å². The summed E-state index contributed by atoms with van der Waals surface area (Å²) < 4.78 is 17.5. The molecule has 3 rings (SSSR count). The number of hydrogen-bond donors (Lipinski definition) is 3. The molecule has 0 amide bonds. The molecule has 1 aromatic carbocycles. The molecule has 0 unspecified atom stereocenters. The number of carboxylic acids is 2. The van der Waals surface area contributed by atoms with Crippen LogP contribution in [0.3, 0.4) is 0 Å². The number of carbonyl (C=O) groups is 2. The van der Waals surface area contributed by atoms with E-state index in [9.17, 15) is 14.0 Å². The molecule has 0 aliphatic rings. The SMILES string of the molecule is Nc1c(Cl)c(F)nc(OCC(=O)O)c1Cl.O=C(O)c1ccc2ccccc2n1. The zero-order valence-corrected chi connectivity index (χ0v) is 15.4. The Hall–Kier alpha value is -3.17. The molecule has 0 aliphatic carbocycles. The monoisotopic (exact) mass is 427 g/mol. The summed E-state index contributed by atoms with van der Waals surface area (Å²) in [7, 11) is 0. The summed E-state index contributed by atoms with van der Waals surface area (Å²) in [6.07, 6.45) is 0. The van der Waals surface area contributed by atoms with Crippen molar-refractivity contribution in [2.75, 3.05) is 12.3 Å². The van der Waals surface area contributed by atoms with Gasteiger partial charge in [-0.15, -0.1) is 0 Å². The number of rotatable bonds is 4. The third-order valence-corrected chi connectivity index (χ3v) is 3.92. The van der Waals surface area contributed by atoms with Crippen LogP contribution in [0.2, 0.25) is 10.0 Å². The molecular weight excluding hydrogens is 416 g/mol. The molecule has 28 heavy (non-hydrogen) atoms. The molecule has 0 bridgehead atoms. The molecule has 0 radical (unpaired) electrons. The molecule has 0 fully saturated rings. The predicted molar refractivity (Wildman–Crippen MR) is 100 cm³/mol. The normalized spacial score (nSPS) is 10.1. The van der Waals surface area contributed by atoms with Crippen LogP contribution >= 0.6 is 23.2 Å². The number of anilines is 1. The lowest BCUT2D eigenvalue weighted by molar-refractivity contribution is -0.139. The van der Waals surface area contributed by atoms with E-state index < -0.39 is 35.4 Å². The molecule has 0 aliphatic heterocycles. The number of halogens is 3.